The number of hydrogen-bond donors (Lipinski definition) is 2. The summed E-state index contributed by atoms with van der Waals surface area (Å²) < 4.78 is 0. The van der Waals surface area contributed by atoms with Gasteiger partial charge in [0, 0.05) is 6.54 Å². The molecule has 0 bridgehead atoms. The number of amides is 1. The van der Waals surface area contributed by atoms with E-state index in [4.69, 9.17) is 5.11 Å². The van der Waals surface area contributed by atoms with Gasteiger partial charge in [0.25, 0.3) is 0 Å². The Hall–Kier alpha value is -1.32. The fourth-order valence-corrected chi connectivity index (χ4v) is 1.40. The van der Waals surface area contributed by atoms with Crippen LogP contribution in [0.4, 0.5) is 0 Å². The van der Waals surface area contributed by atoms with Crippen LogP contribution in [0.3, 0.4) is 0 Å². The number of carbonyl (C=O) groups is 2. The Morgan fingerprint density at radius 1 is 1.83 bits per heavy atom. The van der Waals surface area contributed by atoms with Crippen LogP contribution in [0.5, 0.6) is 0 Å². The highest BCUT2D eigenvalue weighted by Crippen LogP contribution is 2.31. The van der Waals surface area contributed by atoms with Crippen molar-refractivity contribution in [2.24, 2.45) is 5.41 Å². The van der Waals surface area contributed by atoms with Gasteiger partial charge in [-0.15, -0.1) is 6.58 Å². The van der Waals surface area contributed by atoms with Gasteiger partial charge in [-0.05, 0) is 12.8 Å². The number of carboxylic acid groups (broad SMARTS) is 1. The molecule has 4 nitrogen and oxygen atoms in total. The predicted molar refractivity (Wildman–Crippen MR) is 42.5 cm³/mol. The van der Waals surface area contributed by atoms with Gasteiger partial charge in [-0.1, -0.05) is 6.08 Å². The lowest BCUT2D eigenvalue weighted by molar-refractivity contribution is -0.153. The number of aliphatic carboxylic acids is 1. The summed E-state index contributed by atoms with van der Waals surface area (Å²) in [5, 5.41) is 11.4. The summed E-state index contributed by atoms with van der Waals surface area (Å²) in [5.41, 5.74) is -1.25. The van der Waals surface area contributed by atoms with Gasteiger partial charge in [0.1, 0.15) is 0 Å². The van der Waals surface area contributed by atoms with Crippen molar-refractivity contribution in [2.75, 3.05) is 6.54 Å². The van der Waals surface area contributed by atoms with E-state index in [1.165, 1.54) is 6.08 Å². The molecule has 12 heavy (non-hydrogen) atoms. The average molecular weight is 169 g/mol. The van der Waals surface area contributed by atoms with Crippen LogP contribution >= 0.6 is 0 Å². The van der Waals surface area contributed by atoms with Crippen LogP contribution in [0.15, 0.2) is 12.7 Å². The summed E-state index contributed by atoms with van der Waals surface area (Å²) in [6.45, 7) is 3.89. The van der Waals surface area contributed by atoms with Crippen molar-refractivity contribution in [3.05, 3.63) is 12.7 Å². The van der Waals surface area contributed by atoms with Crippen molar-refractivity contribution in [1.82, 2.24) is 5.32 Å². The van der Waals surface area contributed by atoms with E-state index < -0.39 is 17.3 Å². The normalized spacial score (nSPS) is 28.2. The second kappa shape index (κ2) is 2.97. The molecular weight excluding hydrogens is 158 g/mol. The van der Waals surface area contributed by atoms with Crippen molar-refractivity contribution in [1.29, 1.82) is 0 Å². The van der Waals surface area contributed by atoms with Gasteiger partial charge >= 0.3 is 5.97 Å². The number of hydrogen-bond acceptors (Lipinski definition) is 2. The molecule has 0 aromatic carbocycles. The van der Waals surface area contributed by atoms with Gasteiger partial charge in [-0.2, -0.15) is 0 Å². The van der Waals surface area contributed by atoms with E-state index in [0.29, 0.717) is 13.0 Å². The maximum atomic E-state index is 11.2. The molecule has 1 aliphatic rings. The van der Waals surface area contributed by atoms with E-state index in [1.54, 1.807) is 0 Å². The minimum absolute atomic E-state index is 0.203. The molecule has 0 radical (unpaired) electrons. The first kappa shape index (κ1) is 8.77. The lowest BCUT2D eigenvalue weighted by Crippen LogP contribution is -2.38. The van der Waals surface area contributed by atoms with E-state index in [0.717, 1.165) is 0 Å². The number of allylic oxidation sites excluding steroid dienone is 1. The Balaban J connectivity index is 2.92. The molecule has 0 aliphatic carbocycles. The smallest absolute Gasteiger partial charge is 0.319 e. The van der Waals surface area contributed by atoms with Gasteiger partial charge in [0.15, 0.2) is 5.41 Å². The Bertz CT molecular complexity index is 236. The second-order valence-electron chi connectivity index (χ2n) is 2.89. The van der Waals surface area contributed by atoms with Crippen LogP contribution in [0, 0.1) is 5.41 Å². The molecule has 66 valence electrons. The molecule has 0 spiro atoms. The van der Waals surface area contributed by atoms with Crippen LogP contribution in [0.1, 0.15) is 12.8 Å². The summed E-state index contributed by atoms with van der Waals surface area (Å²) in [4.78, 5) is 22.0. The Labute approximate surface area is 70.3 Å². The first-order chi connectivity index (χ1) is 5.63. The van der Waals surface area contributed by atoms with E-state index in [9.17, 15) is 9.59 Å². The molecule has 0 aromatic heterocycles. The van der Waals surface area contributed by atoms with Crippen molar-refractivity contribution in [3.8, 4) is 0 Å². The summed E-state index contributed by atoms with van der Waals surface area (Å²) in [6.07, 6.45) is 2.03. The van der Waals surface area contributed by atoms with Crippen LogP contribution in [-0.4, -0.2) is 23.5 Å². The predicted octanol–water partition coefficient (Wildman–Crippen LogP) is 0.153. The van der Waals surface area contributed by atoms with E-state index in [-0.39, 0.29) is 6.42 Å². The van der Waals surface area contributed by atoms with Crippen molar-refractivity contribution in [2.45, 2.75) is 12.8 Å². The van der Waals surface area contributed by atoms with Gasteiger partial charge < -0.3 is 10.4 Å². The molecule has 1 aliphatic heterocycles. The Morgan fingerprint density at radius 2 is 2.50 bits per heavy atom. The number of rotatable bonds is 3. The van der Waals surface area contributed by atoms with Crippen LogP contribution in [0.25, 0.3) is 0 Å². The van der Waals surface area contributed by atoms with E-state index >= 15 is 0 Å². The number of nitrogens with one attached hydrogen (secondary N) is 1. The molecule has 0 unspecified atom stereocenters. The first-order valence-electron chi connectivity index (χ1n) is 3.76. The van der Waals surface area contributed by atoms with E-state index in [1.807, 2.05) is 0 Å². The number of carboxylic acids is 1. The average Bonchev–Trinajstić information content (AvgIpc) is 2.34. The topological polar surface area (TPSA) is 66.4 Å². The monoisotopic (exact) mass is 169 g/mol. The van der Waals surface area contributed by atoms with E-state index in [2.05, 4.69) is 11.9 Å². The van der Waals surface area contributed by atoms with Crippen molar-refractivity contribution >= 4 is 11.9 Å². The van der Waals surface area contributed by atoms with Crippen molar-refractivity contribution < 1.29 is 14.7 Å². The zero-order chi connectivity index (χ0) is 9.19. The molecule has 2 N–H and O–H groups in total. The zero-order valence-corrected chi connectivity index (χ0v) is 6.67. The number of carbonyl (C=O) groups excluding carboxylic acids is 1. The highest BCUT2D eigenvalue weighted by Gasteiger charge is 2.48. The maximum absolute atomic E-state index is 11.2. The SMILES string of the molecule is C=CC[C@]1(C(=O)O)CCNC1=O. The molecule has 0 saturated carbocycles. The molecule has 1 rings (SSSR count). The molecule has 0 aromatic rings. The lowest BCUT2D eigenvalue weighted by Gasteiger charge is -2.17. The second-order valence-corrected chi connectivity index (χ2v) is 2.89. The quantitative estimate of drug-likeness (QED) is 0.467. The van der Waals surface area contributed by atoms with Gasteiger partial charge in [0.2, 0.25) is 5.91 Å². The molecule has 1 fully saturated rings. The largest absolute Gasteiger partial charge is 0.480 e. The summed E-state index contributed by atoms with van der Waals surface area (Å²) in [6, 6.07) is 0. The first-order valence-corrected chi connectivity index (χ1v) is 3.76. The molecular formula is C8H11NO3. The summed E-state index contributed by atoms with van der Waals surface area (Å²) >= 11 is 0. The zero-order valence-electron chi connectivity index (χ0n) is 6.67. The fourth-order valence-electron chi connectivity index (χ4n) is 1.40. The third kappa shape index (κ3) is 1.09. The highest BCUT2D eigenvalue weighted by atomic mass is 16.4. The van der Waals surface area contributed by atoms with Crippen molar-refractivity contribution in [3.63, 3.8) is 0 Å². The summed E-state index contributed by atoms with van der Waals surface area (Å²) in [7, 11) is 0. The molecule has 1 heterocycles. The minimum Gasteiger partial charge on any atom is -0.480 e. The maximum Gasteiger partial charge on any atom is 0.319 e. The third-order valence-corrected chi connectivity index (χ3v) is 2.17. The lowest BCUT2D eigenvalue weighted by atomic mass is 9.83. The minimum atomic E-state index is -1.25. The van der Waals surface area contributed by atoms with Crippen LogP contribution in [-0.2, 0) is 9.59 Å². The third-order valence-electron chi connectivity index (χ3n) is 2.17. The molecule has 4 heteroatoms. The van der Waals surface area contributed by atoms with Gasteiger partial charge in [-0.25, -0.2) is 0 Å². The molecule has 1 atom stereocenters. The van der Waals surface area contributed by atoms with Gasteiger partial charge in [0.05, 0.1) is 0 Å². The Morgan fingerprint density at radius 3 is 2.83 bits per heavy atom. The molecule has 1 saturated heterocycles. The fraction of sp³-hybridized carbons (Fsp3) is 0.500. The highest BCUT2D eigenvalue weighted by molar-refractivity contribution is 6.03. The molecule has 1 amide bonds. The summed E-state index contributed by atoms with van der Waals surface area (Å²) in [5.74, 6) is -1.45. The van der Waals surface area contributed by atoms with Gasteiger partial charge in [-0.3, -0.25) is 9.59 Å². The Kier molecular flexibility index (Phi) is 2.17. The van der Waals surface area contributed by atoms with Crippen LogP contribution < -0.4 is 5.32 Å². The van der Waals surface area contributed by atoms with Crippen LogP contribution in [0.2, 0.25) is 0 Å². The standard InChI is InChI=1S/C8H11NO3/c1-2-3-8(7(11)12)4-5-9-6(8)10/h2H,1,3-5H2,(H,9,10)(H,11,12)/t8-/m0/s1.